The second-order valence-electron chi connectivity index (χ2n) is 7.65. The first-order chi connectivity index (χ1) is 14.9. The number of pyridine rings is 1. The molecule has 0 spiro atoms. The molecule has 158 valence electrons. The first kappa shape index (κ1) is 21.0. The zero-order valence-electron chi connectivity index (χ0n) is 17.0. The van der Waals surface area contributed by atoms with Crippen LogP contribution in [0.25, 0.3) is 26.4 Å². The van der Waals surface area contributed by atoms with E-state index < -0.39 is 5.82 Å². The van der Waals surface area contributed by atoms with Crippen LogP contribution in [0.15, 0.2) is 47.4 Å². The molecule has 1 aromatic carbocycles. The van der Waals surface area contributed by atoms with Crippen LogP contribution in [0.5, 0.6) is 0 Å². The number of carbonyl (C=O) groups is 1. The van der Waals surface area contributed by atoms with Gasteiger partial charge >= 0.3 is 0 Å². The molecular weight excluding hydrogens is 415 g/mol. The van der Waals surface area contributed by atoms with Gasteiger partial charge in [-0.1, -0.05) is 12.1 Å². The summed E-state index contributed by atoms with van der Waals surface area (Å²) in [6, 6.07) is 9.32. The summed E-state index contributed by atoms with van der Waals surface area (Å²) in [6.45, 7) is 8.23. The van der Waals surface area contributed by atoms with E-state index in [1.54, 1.807) is 36.3 Å². The van der Waals surface area contributed by atoms with Crippen LogP contribution in [0.4, 0.5) is 10.1 Å². The number of piperidine rings is 1. The van der Waals surface area contributed by atoms with Crippen molar-refractivity contribution in [1.29, 1.82) is 0 Å². The maximum absolute atomic E-state index is 14.3. The molecule has 1 aliphatic heterocycles. The fourth-order valence-electron chi connectivity index (χ4n) is 3.77. The summed E-state index contributed by atoms with van der Waals surface area (Å²) in [6.07, 6.45) is 3.46. The van der Waals surface area contributed by atoms with Crippen molar-refractivity contribution in [1.82, 2.24) is 9.47 Å². The molecule has 3 aromatic rings. The van der Waals surface area contributed by atoms with Crippen LogP contribution in [-0.4, -0.2) is 34.5 Å². The van der Waals surface area contributed by atoms with Crippen LogP contribution in [0.2, 0.25) is 0 Å². The van der Waals surface area contributed by atoms with Crippen LogP contribution in [0.3, 0.4) is 0 Å². The van der Waals surface area contributed by atoms with Crippen molar-refractivity contribution in [3.63, 3.8) is 0 Å². The number of hydrogen-bond donors (Lipinski definition) is 1. The number of thiophene rings is 1. The predicted octanol–water partition coefficient (Wildman–Crippen LogP) is 4.03. The van der Waals surface area contributed by atoms with E-state index in [4.69, 9.17) is 12.3 Å². The lowest BCUT2D eigenvalue weighted by Gasteiger charge is -2.30. The fourth-order valence-corrected chi connectivity index (χ4v) is 4.91. The van der Waals surface area contributed by atoms with E-state index >= 15 is 0 Å². The number of halogens is 1. The number of aromatic nitrogens is 1. The number of carbonyl (C=O) groups excluding carboxylic acids is 1. The lowest BCUT2D eigenvalue weighted by molar-refractivity contribution is 0.0714. The number of rotatable bonds is 3. The maximum Gasteiger partial charge on any atom is 0.264 e. The van der Waals surface area contributed by atoms with Crippen molar-refractivity contribution in [2.24, 2.45) is 12.8 Å². The normalized spacial score (nSPS) is 16.2. The molecule has 0 radical (unpaired) electrons. The first-order valence-corrected chi connectivity index (χ1v) is 10.7. The minimum atomic E-state index is -0.611. The van der Waals surface area contributed by atoms with Crippen molar-refractivity contribution >= 4 is 22.9 Å². The number of nitrogens with two attached hydrogens (primary N) is 1. The largest absolute Gasteiger partial charge is 0.336 e. The molecule has 2 aromatic heterocycles. The van der Waals surface area contributed by atoms with Crippen LogP contribution in [0, 0.1) is 12.4 Å². The average molecular weight is 437 g/mol. The Hall–Kier alpha value is -3.28. The van der Waals surface area contributed by atoms with Crippen molar-refractivity contribution in [3.05, 3.63) is 75.1 Å². The number of aryl methyl sites for hydroxylation is 1. The number of benzene rings is 1. The van der Waals surface area contributed by atoms with E-state index in [1.807, 2.05) is 0 Å². The lowest BCUT2D eigenvalue weighted by Crippen LogP contribution is -2.45. The Balaban J connectivity index is 1.83. The topological polar surface area (TPSA) is 72.7 Å². The molecule has 2 N–H and O–H groups in total. The monoisotopic (exact) mass is 436 g/mol. The second kappa shape index (κ2) is 8.46. The molecule has 8 heteroatoms. The van der Waals surface area contributed by atoms with Crippen molar-refractivity contribution < 1.29 is 9.18 Å². The summed E-state index contributed by atoms with van der Waals surface area (Å²) in [4.78, 5) is 31.2. The van der Waals surface area contributed by atoms with E-state index in [0.29, 0.717) is 29.1 Å². The predicted molar refractivity (Wildman–Crippen MR) is 120 cm³/mol. The van der Waals surface area contributed by atoms with Gasteiger partial charge in [0, 0.05) is 54.4 Å². The highest BCUT2D eigenvalue weighted by Gasteiger charge is 2.25. The van der Waals surface area contributed by atoms with Gasteiger partial charge in [-0.3, -0.25) is 9.59 Å². The Bertz CT molecular complexity index is 1260. The second-order valence-corrected chi connectivity index (χ2v) is 8.70. The highest BCUT2D eigenvalue weighted by molar-refractivity contribution is 7.18. The first-order valence-electron chi connectivity index (χ1n) is 9.90. The molecule has 0 unspecified atom stereocenters. The SMILES string of the molecule is [C-]#[N+]c1ccc(-c2cc(C(=O)N3CCC[C@@H](N)C3)sc2-c2ccc(=O)n(C)c2)cc1F. The minimum Gasteiger partial charge on any atom is -0.336 e. The van der Waals surface area contributed by atoms with E-state index in [2.05, 4.69) is 4.85 Å². The Morgan fingerprint density at radius 2 is 2.03 bits per heavy atom. The lowest BCUT2D eigenvalue weighted by atomic mass is 10.0. The summed E-state index contributed by atoms with van der Waals surface area (Å²) in [7, 11) is 1.66. The van der Waals surface area contributed by atoms with Gasteiger partial charge in [0.1, 0.15) is 5.82 Å². The molecule has 0 bridgehead atoms. The number of hydrogen-bond acceptors (Lipinski definition) is 4. The smallest absolute Gasteiger partial charge is 0.264 e. The Morgan fingerprint density at radius 3 is 2.71 bits per heavy atom. The summed E-state index contributed by atoms with van der Waals surface area (Å²) in [5.41, 5.74) is 7.85. The zero-order valence-corrected chi connectivity index (χ0v) is 17.8. The molecule has 1 aliphatic rings. The van der Waals surface area contributed by atoms with Crippen LogP contribution < -0.4 is 11.3 Å². The number of amides is 1. The van der Waals surface area contributed by atoms with Gasteiger partial charge in [0.2, 0.25) is 11.2 Å². The highest BCUT2D eigenvalue weighted by atomic mass is 32.1. The molecule has 1 atom stereocenters. The average Bonchev–Trinajstić information content (AvgIpc) is 3.20. The summed E-state index contributed by atoms with van der Waals surface area (Å²) in [5, 5.41) is 0. The van der Waals surface area contributed by atoms with Gasteiger partial charge in [0.25, 0.3) is 5.91 Å². The standard InChI is InChI=1S/C23H21FN4O2S/c1-26-19-7-5-14(10-18(19)24)17-11-20(23(30)28-9-3-4-16(25)13-28)31-22(17)15-6-8-21(29)27(2)12-15/h5-8,10-12,16H,3-4,9,13,25H2,2H3/t16-/m1/s1. The van der Waals surface area contributed by atoms with E-state index in [1.165, 1.54) is 34.1 Å². The Labute approximate surface area is 183 Å². The Kier molecular flexibility index (Phi) is 5.72. The van der Waals surface area contributed by atoms with Gasteiger partial charge < -0.3 is 15.2 Å². The molecule has 4 rings (SSSR count). The van der Waals surface area contributed by atoms with Gasteiger partial charge in [0.05, 0.1) is 11.4 Å². The third-order valence-corrected chi connectivity index (χ3v) is 6.59. The third-order valence-electron chi connectivity index (χ3n) is 5.42. The summed E-state index contributed by atoms with van der Waals surface area (Å²) >= 11 is 1.31. The molecule has 1 fully saturated rings. The summed E-state index contributed by atoms with van der Waals surface area (Å²) in [5.74, 6) is -0.712. The molecule has 1 saturated heterocycles. The van der Waals surface area contributed by atoms with Gasteiger partial charge in [-0.2, -0.15) is 0 Å². The van der Waals surface area contributed by atoms with Crippen LogP contribution >= 0.6 is 11.3 Å². The van der Waals surface area contributed by atoms with Gasteiger partial charge in [-0.05, 0) is 36.6 Å². The molecule has 6 nitrogen and oxygen atoms in total. The van der Waals surface area contributed by atoms with Gasteiger partial charge in [0.15, 0.2) is 0 Å². The van der Waals surface area contributed by atoms with E-state index in [-0.39, 0.29) is 23.2 Å². The highest BCUT2D eigenvalue weighted by Crippen LogP contribution is 2.40. The minimum absolute atomic E-state index is 0.0319. The molecule has 31 heavy (non-hydrogen) atoms. The fraction of sp³-hybridized carbons (Fsp3) is 0.261. The maximum atomic E-state index is 14.3. The molecular formula is C23H21FN4O2S. The van der Waals surface area contributed by atoms with Gasteiger partial charge in [-0.25, -0.2) is 9.24 Å². The third kappa shape index (κ3) is 4.15. The molecule has 0 saturated carbocycles. The van der Waals surface area contributed by atoms with E-state index in [0.717, 1.165) is 23.3 Å². The number of nitrogens with zero attached hydrogens (tertiary/aromatic N) is 3. The van der Waals surface area contributed by atoms with Crippen molar-refractivity contribution in [2.45, 2.75) is 18.9 Å². The van der Waals surface area contributed by atoms with Crippen LogP contribution in [0.1, 0.15) is 22.5 Å². The van der Waals surface area contributed by atoms with Crippen molar-refractivity contribution in [2.75, 3.05) is 13.1 Å². The molecule has 1 amide bonds. The van der Waals surface area contributed by atoms with E-state index in [9.17, 15) is 14.0 Å². The van der Waals surface area contributed by atoms with Crippen LogP contribution in [-0.2, 0) is 7.05 Å². The van der Waals surface area contributed by atoms with Gasteiger partial charge in [-0.15, -0.1) is 11.3 Å². The molecule has 3 heterocycles. The Morgan fingerprint density at radius 1 is 1.26 bits per heavy atom. The quantitative estimate of drug-likeness (QED) is 0.630. The number of likely N-dealkylation sites (tertiary alicyclic amines) is 1. The zero-order chi connectivity index (χ0) is 22.1. The van der Waals surface area contributed by atoms with Crippen molar-refractivity contribution in [3.8, 4) is 21.6 Å². The molecule has 0 aliphatic carbocycles. The summed E-state index contributed by atoms with van der Waals surface area (Å²) < 4.78 is 15.8.